The van der Waals surface area contributed by atoms with Crippen molar-refractivity contribution < 1.29 is 23.3 Å². The summed E-state index contributed by atoms with van der Waals surface area (Å²) in [5.41, 5.74) is 6.66. The van der Waals surface area contributed by atoms with Crippen molar-refractivity contribution in [3.05, 3.63) is 64.1 Å². The van der Waals surface area contributed by atoms with Crippen molar-refractivity contribution in [2.24, 2.45) is 0 Å². The minimum Gasteiger partial charge on any atom is -0.490 e. The van der Waals surface area contributed by atoms with Crippen LogP contribution in [0.1, 0.15) is 28.5 Å². The maximum atomic E-state index is 14.0. The summed E-state index contributed by atoms with van der Waals surface area (Å²) in [5.74, 6) is 0.0903. The Morgan fingerprint density at radius 3 is 2.75 bits per heavy atom. The van der Waals surface area contributed by atoms with E-state index >= 15 is 0 Å². The molecule has 3 aromatic rings. The summed E-state index contributed by atoms with van der Waals surface area (Å²) < 4.78 is 29.8. The zero-order valence-corrected chi connectivity index (χ0v) is 18.1. The van der Waals surface area contributed by atoms with Gasteiger partial charge in [0.1, 0.15) is 12.4 Å². The van der Waals surface area contributed by atoms with Gasteiger partial charge in [0.05, 0.1) is 11.6 Å². The van der Waals surface area contributed by atoms with E-state index < -0.39 is 11.7 Å². The van der Waals surface area contributed by atoms with E-state index in [0.717, 1.165) is 5.56 Å². The molecule has 1 aromatic heterocycles. The molecule has 0 aliphatic carbocycles. The minimum absolute atomic E-state index is 0.0194. The zero-order valence-electron chi connectivity index (χ0n) is 17.4. The monoisotopic (exact) mass is 463 g/mol. The Hall–Kier alpha value is -3.37. The van der Waals surface area contributed by atoms with Crippen molar-refractivity contribution in [1.29, 1.82) is 0 Å². The summed E-state index contributed by atoms with van der Waals surface area (Å²) in [6.45, 7) is 3.68. The van der Waals surface area contributed by atoms with Crippen LogP contribution in [-0.2, 0) is 13.2 Å². The number of nitrogens with two attached hydrogens (primary N) is 1. The molecule has 4 N–H and O–H groups in total. The van der Waals surface area contributed by atoms with E-state index in [9.17, 15) is 9.18 Å². The Kier molecular flexibility index (Phi) is 8.23. The van der Waals surface area contributed by atoms with Crippen molar-refractivity contribution in [2.75, 3.05) is 25.4 Å². The average molecular weight is 464 g/mol. The second-order valence-corrected chi connectivity index (χ2v) is 7.04. The normalized spacial score (nSPS) is 10.7. The quantitative estimate of drug-likeness (QED) is 0.371. The summed E-state index contributed by atoms with van der Waals surface area (Å²) in [5, 5.41) is 13.0. The molecule has 1 amide bonds. The molecule has 0 atom stereocenters. The van der Waals surface area contributed by atoms with E-state index in [1.165, 1.54) is 6.07 Å². The van der Waals surface area contributed by atoms with Gasteiger partial charge in [-0.3, -0.25) is 4.79 Å². The van der Waals surface area contributed by atoms with Crippen LogP contribution in [0.5, 0.6) is 11.5 Å². The van der Waals surface area contributed by atoms with Gasteiger partial charge in [0.15, 0.2) is 11.5 Å². The van der Waals surface area contributed by atoms with Crippen LogP contribution in [0.25, 0.3) is 0 Å². The molecule has 1 heterocycles. The maximum Gasteiger partial charge on any atom is 0.277 e. The molecule has 11 heteroatoms. The number of aromatic nitrogens is 2. The largest absolute Gasteiger partial charge is 0.490 e. The number of carbonyl (C=O) groups excluding carboxylic acids is 1. The van der Waals surface area contributed by atoms with Crippen LogP contribution in [0.4, 0.5) is 10.2 Å². The van der Waals surface area contributed by atoms with Crippen LogP contribution in [0, 0.1) is 5.82 Å². The lowest BCUT2D eigenvalue weighted by atomic mass is 10.2. The Labute approximate surface area is 189 Å². The topological polar surface area (TPSA) is 125 Å². The van der Waals surface area contributed by atoms with Gasteiger partial charge in [-0.05, 0) is 47.1 Å². The lowest BCUT2D eigenvalue weighted by molar-refractivity contribution is 0.0944. The standard InChI is InChI=1S/C21H23ClFN5O4/c1-2-30-18-10-13(11-25-8-9-26-21(29)19-20(24)28-32-27-19)6-7-17(18)31-12-14-15(22)4-3-5-16(14)23/h3-7,10,25H,2,8-9,11-12H2,1H3,(H2,24,28)(H,26,29). The summed E-state index contributed by atoms with van der Waals surface area (Å²) in [4.78, 5) is 11.9. The number of amides is 1. The number of benzene rings is 2. The maximum absolute atomic E-state index is 14.0. The van der Waals surface area contributed by atoms with Gasteiger partial charge in [0.25, 0.3) is 5.91 Å². The van der Waals surface area contributed by atoms with Gasteiger partial charge in [0, 0.05) is 25.2 Å². The van der Waals surface area contributed by atoms with Crippen LogP contribution in [0.2, 0.25) is 5.02 Å². The third kappa shape index (κ3) is 6.08. The molecule has 32 heavy (non-hydrogen) atoms. The third-order valence-corrected chi connectivity index (χ3v) is 4.74. The van der Waals surface area contributed by atoms with Crippen molar-refractivity contribution in [3.63, 3.8) is 0 Å². The number of ether oxygens (including phenoxy) is 2. The number of nitrogen functional groups attached to an aromatic ring is 1. The van der Waals surface area contributed by atoms with Gasteiger partial charge in [-0.1, -0.05) is 23.7 Å². The van der Waals surface area contributed by atoms with Crippen LogP contribution < -0.4 is 25.8 Å². The van der Waals surface area contributed by atoms with Gasteiger partial charge >= 0.3 is 0 Å². The van der Waals surface area contributed by atoms with E-state index in [2.05, 4.69) is 25.6 Å². The number of hydrogen-bond acceptors (Lipinski definition) is 8. The van der Waals surface area contributed by atoms with Gasteiger partial charge in [-0.25, -0.2) is 9.02 Å². The van der Waals surface area contributed by atoms with Gasteiger partial charge < -0.3 is 25.8 Å². The number of nitrogens with zero attached hydrogens (tertiary/aromatic N) is 2. The summed E-state index contributed by atoms with van der Waals surface area (Å²) >= 11 is 6.06. The first-order chi connectivity index (χ1) is 15.5. The van der Waals surface area contributed by atoms with Crippen LogP contribution in [0.15, 0.2) is 41.0 Å². The number of nitrogens with one attached hydrogen (secondary N) is 2. The summed E-state index contributed by atoms with van der Waals surface area (Å²) in [6.07, 6.45) is 0. The van der Waals surface area contributed by atoms with E-state index in [4.69, 9.17) is 26.8 Å². The molecule has 0 unspecified atom stereocenters. The number of carbonyl (C=O) groups is 1. The Bertz CT molecular complexity index is 1040. The fourth-order valence-corrected chi connectivity index (χ4v) is 3.02. The number of halogens is 2. The van der Waals surface area contributed by atoms with Crippen molar-refractivity contribution in [2.45, 2.75) is 20.1 Å². The van der Waals surface area contributed by atoms with Gasteiger partial charge in [-0.2, -0.15) is 0 Å². The first kappa shape index (κ1) is 23.3. The Morgan fingerprint density at radius 1 is 1.19 bits per heavy atom. The number of rotatable bonds is 11. The second-order valence-electron chi connectivity index (χ2n) is 6.63. The molecule has 0 aliphatic heterocycles. The molecular formula is C21H23ClFN5O4. The number of hydrogen-bond donors (Lipinski definition) is 3. The molecule has 0 radical (unpaired) electrons. The Balaban J connectivity index is 1.51. The lowest BCUT2D eigenvalue weighted by Crippen LogP contribution is -2.32. The first-order valence-corrected chi connectivity index (χ1v) is 10.3. The molecule has 0 saturated heterocycles. The van der Waals surface area contributed by atoms with Crippen molar-refractivity contribution >= 4 is 23.3 Å². The van der Waals surface area contributed by atoms with Gasteiger partial charge in [0.2, 0.25) is 11.5 Å². The molecule has 0 bridgehead atoms. The molecule has 2 aromatic carbocycles. The smallest absolute Gasteiger partial charge is 0.277 e. The van der Waals surface area contributed by atoms with Crippen molar-refractivity contribution in [1.82, 2.24) is 20.9 Å². The van der Waals surface area contributed by atoms with E-state index in [-0.39, 0.29) is 23.7 Å². The minimum atomic E-state index is -0.458. The highest BCUT2D eigenvalue weighted by atomic mass is 35.5. The van der Waals surface area contributed by atoms with Crippen LogP contribution >= 0.6 is 11.6 Å². The predicted octanol–water partition coefficient (Wildman–Crippen LogP) is 2.94. The Morgan fingerprint density at radius 2 is 2.03 bits per heavy atom. The highest BCUT2D eigenvalue weighted by molar-refractivity contribution is 6.31. The molecule has 0 aliphatic rings. The lowest BCUT2D eigenvalue weighted by Gasteiger charge is -2.15. The third-order valence-electron chi connectivity index (χ3n) is 4.39. The van der Waals surface area contributed by atoms with E-state index in [1.807, 2.05) is 19.1 Å². The second kappa shape index (κ2) is 11.3. The van der Waals surface area contributed by atoms with E-state index in [1.54, 1.807) is 18.2 Å². The van der Waals surface area contributed by atoms with E-state index in [0.29, 0.717) is 42.8 Å². The SMILES string of the molecule is CCOc1cc(CNCCNC(=O)c2nonc2N)ccc1OCc1c(F)cccc1Cl. The number of anilines is 1. The van der Waals surface area contributed by atoms with Crippen molar-refractivity contribution in [3.8, 4) is 11.5 Å². The molecule has 3 rings (SSSR count). The predicted molar refractivity (Wildman–Crippen MR) is 116 cm³/mol. The zero-order chi connectivity index (χ0) is 22.9. The fraction of sp³-hybridized carbons (Fsp3) is 0.286. The summed E-state index contributed by atoms with van der Waals surface area (Å²) in [6, 6.07) is 9.97. The van der Waals surface area contributed by atoms with Crippen LogP contribution in [-0.4, -0.2) is 35.9 Å². The first-order valence-electron chi connectivity index (χ1n) is 9.88. The fourth-order valence-electron chi connectivity index (χ4n) is 2.80. The molecule has 0 saturated carbocycles. The average Bonchev–Trinajstić information content (AvgIpc) is 3.20. The highest BCUT2D eigenvalue weighted by Crippen LogP contribution is 2.30. The molecule has 0 fully saturated rings. The molecule has 0 spiro atoms. The molecule has 170 valence electrons. The molecular weight excluding hydrogens is 441 g/mol. The molecule has 9 nitrogen and oxygen atoms in total. The van der Waals surface area contributed by atoms with Crippen LogP contribution in [0.3, 0.4) is 0 Å². The highest BCUT2D eigenvalue weighted by Gasteiger charge is 2.15. The van der Waals surface area contributed by atoms with Gasteiger partial charge in [-0.15, -0.1) is 0 Å². The summed E-state index contributed by atoms with van der Waals surface area (Å²) in [7, 11) is 0.